The predicted molar refractivity (Wildman–Crippen MR) is 153 cm³/mol. The fraction of sp³-hybridized carbons (Fsp3) is 0.448. The molecule has 6 nitrogen and oxygen atoms in total. The Hall–Kier alpha value is -2.93. The number of aromatic nitrogens is 1. The Morgan fingerprint density at radius 2 is 1.72 bits per heavy atom. The lowest BCUT2D eigenvalue weighted by Gasteiger charge is -2.14. The van der Waals surface area contributed by atoms with Gasteiger partial charge in [-0.3, -0.25) is 4.79 Å². The molecule has 1 atom stereocenters. The molecule has 4 N–H and O–H groups in total. The molecule has 0 spiro atoms. The van der Waals surface area contributed by atoms with Crippen molar-refractivity contribution in [2.75, 3.05) is 11.5 Å². The third-order valence-electron chi connectivity index (χ3n) is 5.69. The van der Waals surface area contributed by atoms with Crippen LogP contribution in [0.1, 0.15) is 66.4 Å². The summed E-state index contributed by atoms with van der Waals surface area (Å²) in [6.45, 7) is 8.52. The highest BCUT2D eigenvalue weighted by Gasteiger charge is 2.20. The van der Waals surface area contributed by atoms with Crippen LogP contribution < -0.4 is 5.32 Å². The highest BCUT2D eigenvalue weighted by molar-refractivity contribution is 7.99. The summed E-state index contributed by atoms with van der Waals surface area (Å²) >= 11 is 1.49. The quantitative estimate of drug-likeness (QED) is 0.164. The van der Waals surface area contributed by atoms with Crippen molar-refractivity contribution in [1.82, 2.24) is 10.3 Å². The SMILES string of the molecule is C.CC(C)=CCC/C(C)=C/CC/C(C)=C/CSC[C@H](NC(=O)Cc1c[nH]c2ccc(O)cc12)C(=O)O. The molecule has 0 aliphatic rings. The molecule has 0 radical (unpaired) electrons. The van der Waals surface area contributed by atoms with E-state index in [0.717, 1.165) is 36.6 Å². The van der Waals surface area contributed by atoms with Crippen molar-refractivity contribution >= 4 is 34.5 Å². The van der Waals surface area contributed by atoms with Crippen molar-refractivity contribution in [3.63, 3.8) is 0 Å². The monoisotopic (exact) mass is 514 g/mol. The van der Waals surface area contributed by atoms with Crippen LogP contribution in [0.5, 0.6) is 5.75 Å². The van der Waals surface area contributed by atoms with E-state index < -0.39 is 12.0 Å². The molecule has 0 saturated carbocycles. The normalized spacial score (nSPS) is 12.7. The summed E-state index contributed by atoms with van der Waals surface area (Å²) < 4.78 is 0. The minimum Gasteiger partial charge on any atom is -0.508 e. The van der Waals surface area contributed by atoms with Gasteiger partial charge in [0.25, 0.3) is 0 Å². The van der Waals surface area contributed by atoms with Crippen LogP contribution in [-0.4, -0.2) is 44.6 Å². The van der Waals surface area contributed by atoms with E-state index in [0.29, 0.717) is 17.1 Å². The molecule has 0 bridgehead atoms. The number of carboxylic acids is 1. The van der Waals surface area contributed by atoms with Gasteiger partial charge >= 0.3 is 5.97 Å². The lowest BCUT2D eigenvalue weighted by Crippen LogP contribution is -2.43. The number of phenolic OH excluding ortho intramolecular Hbond substituents is 1. The Balaban J connectivity index is 0.00000648. The van der Waals surface area contributed by atoms with Crippen molar-refractivity contribution in [2.24, 2.45) is 0 Å². The van der Waals surface area contributed by atoms with Gasteiger partial charge in [0.1, 0.15) is 11.8 Å². The third kappa shape index (κ3) is 11.2. The summed E-state index contributed by atoms with van der Waals surface area (Å²) in [6, 6.07) is 3.95. The average molecular weight is 515 g/mol. The number of hydrogen-bond acceptors (Lipinski definition) is 4. The van der Waals surface area contributed by atoms with Crippen LogP contribution in [0.4, 0.5) is 0 Å². The molecule has 7 heteroatoms. The molecule has 1 amide bonds. The summed E-state index contributed by atoms with van der Waals surface area (Å²) in [4.78, 5) is 27.2. The zero-order chi connectivity index (χ0) is 25.8. The van der Waals surface area contributed by atoms with Crippen LogP contribution in [0.2, 0.25) is 0 Å². The Labute approximate surface area is 220 Å². The van der Waals surface area contributed by atoms with E-state index in [-0.39, 0.29) is 25.5 Å². The summed E-state index contributed by atoms with van der Waals surface area (Å²) in [5.41, 5.74) is 5.57. The van der Waals surface area contributed by atoms with E-state index in [1.165, 1.54) is 28.5 Å². The molecule has 2 rings (SSSR count). The molecule has 1 heterocycles. The maximum Gasteiger partial charge on any atom is 0.327 e. The Morgan fingerprint density at radius 3 is 2.39 bits per heavy atom. The Bertz CT molecular complexity index is 1090. The highest BCUT2D eigenvalue weighted by Crippen LogP contribution is 2.23. The fourth-order valence-electron chi connectivity index (χ4n) is 3.63. The van der Waals surface area contributed by atoms with Gasteiger partial charge in [-0.15, -0.1) is 0 Å². The molecule has 0 aliphatic heterocycles. The molecule has 0 fully saturated rings. The number of phenols is 1. The van der Waals surface area contributed by atoms with Crippen molar-refractivity contribution < 1.29 is 19.8 Å². The minimum absolute atomic E-state index is 0. The lowest BCUT2D eigenvalue weighted by molar-refractivity contribution is -0.141. The van der Waals surface area contributed by atoms with E-state index in [4.69, 9.17) is 0 Å². The molecule has 1 aromatic heterocycles. The van der Waals surface area contributed by atoms with E-state index >= 15 is 0 Å². The Kier molecular flexibility index (Phi) is 13.8. The lowest BCUT2D eigenvalue weighted by atomic mass is 10.1. The van der Waals surface area contributed by atoms with Gasteiger partial charge in [-0.2, -0.15) is 11.8 Å². The van der Waals surface area contributed by atoms with Crippen molar-refractivity contribution in [1.29, 1.82) is 0 Å². The zero-order valence-corrected chi connectivity index (χ0v) is 22.0. The van der Waals surface area contributed by atoms with Gasteiger partial charge in [-0.05, 0) is 77.1 Å². The van der Waals surface area contributed by atoms with Crippen LogP contribution in [0.15, 0.2) is 59.3 Å². The molecule has 0 aliphatic carbocycles. The van der Waals surface area contributed by atoms with Gasteiger partial charge < -0.3 is 20.5 Å². The number of carbonyl (C=O) groups is 2. The number of aliphatic carboxylic acids is 1. The van der Waals surface area contributed by atoms with Crippen LogP contribution in [-0.2, 0) is 16.0 Å². The summed E-state index contributed by atoms with van der Waals surface area (Å²) in [5, 5.41) is 22.6. The number of aromatic amines is 1. The van der Waals surface area contributed by atoms with Gasteiger partial charge in [0.15, 0.2) is 0 Å². The number of benzene rings is 1. The smallest absolute Gasteiger partial charge is 0.327 e. The molecule has 198 valence electrons. The number of allylic oxidation sites excluding steroid dienone is 5. The highest BCUT2D eigenvalue weighted by atomic mass is 32.2. The summed E-state index contributed by atoms with van der Waals surface area (Å²) in [5.74, 6) is -0.288. The Morgan fingerprint density at radius 1 is 1.06 bits per heavy atom. The number of thioether (sulfide) groups is 1. The number of hydrogen-bond donors (Lipinski definition) is 4. The van der Waals surface area contributed by atoms with Crippen LogP contribution >= 0.6 is 11.8 Å². The van der Waals surface area contributed by atoms with Crippen molar-refractivity contribution in [3.8, 4) is 5.75 Å². The average Bonchev–Trinajstić information content (AvgIpc) is 3.17. The van der Waals surface area contributed by atoms with Crippen molar-refractivity contribution in [3.05, 3.63) is 64.9 Å². The number of fused-ring (bicyclic) bond motifs is 1. The maximum atomic E-state index is 12.5. The fourth-order valence-corrected chi connectivity index (χ4v) is 4.63. The number of carboxylic acid groups (broad SMARTS) is 1. The van der Waals surface area contributed by atoms with Crippen LogP contribution in [0.25, 0.3) is 10.9 Å². The largest absolute Gasteiger partial charge is 0.508 e. The molecule has 1 aromatic carbocycles. The van der Waals surface area contributed by atoms with Gasteiger partial charge in [0, 0.05) is 28.6 Å². The second kappa shape index (κ2) is 15.9. The topological polar surface area (TPSA) is 102 Å². The first-order chi connectivity index (χ1) is 16.7. The summed E-state index contributed by atoms with van der Waals surface area (Å²) in [6.07, 6.45) is 12.6. The van der Waals surface area contributed by atoms with Gasteiger partial charge in [0.05, 0.1) is 6.42 Å². The number of H-pyrrole nitrogens is 1. The van der Waals surface area contributed by atoms with Crippen LogP contribution in [0.3, 0.4) is 0 Å². The second-order valence-electron chi connectivity index (χ2n) is 9.18. The van der Waals surface area contributed by atoms with E-state index in [1.807, 2.05) is 0 Å². The second-order valence-corrected chi connectivity index (χ2v) is 10.3. The van der Waals surface area contributed by atoms with Gasteiger partial charge in [0.2, 0.25) is 5.91 Å². The minimum atomic E-state index is -1.04. The first-order valence-corrected chi connectivity index (χ1v) is 13.1. The number of carbonyl (C=O) groups excluding carboxylic acids is 1. The van der Waals surface area contributed by atoms with E-state index in [9.17, 15) is 19.8 Å². The third-order valence-corrected chi connectivity index (χ3v) is 6.66. The predicted octanol–water partition coefficient (Wildman–Crippen LogP) is 6.77. The number of amides is 1. The molecule has 2 aromatic rings. The molecule has 0 unspecified atom stereocenters. The van der Waals surface area contributed by atoms with E-state index in [1.54, 1.807) is 24.4 Å². The standard InChI is InChI=1S/C28H38N2O4S.CH4/c1-19(2)7-5-8-20(3)9-6-10-21(4)13-14-35-18-26(28(33)34)30-27(32)15-22-17-29-25-12-11-23(31)16-24(22)25;/h7,9,11-13,16-17,26,29,31H,5-6,8,10,14-15,18H2,1-4H3,(H,30,32)(H,33,34);1H4/b20-9+,21-13+;/t26-;/m0./s1. The molecule has 36 heavy (non-hydrogen) atoms. The van der Waals surface area contributed by atoms with Gasteiger partial charge in [-0.25, -0.2) is 4.79 Å². The first-order valence-electron chi connectivity index (χ1n) is 12.0. The van der Waals surface area contributed by atoms with Crippen molar-refractivity contribution in [2.45, 2.75) is 73.3 Å². The van der Waals surface area contributed by atoms with Gasteiger partial charge in [-0.1, -0.05) is 42.4 Å². The number of rotatable bonds is 14. The molecule has 0 saturated heterocycles. The number of nitrogens with one attached hydrogen (secondary N) is 2. The van der Waals surface area contributed by atoms with E-state index in [2.05, 4.69) is 56.2 Å². The summed E-state index contributed by atoms with van der Waals surface area (Å²) in [7, 11) is 0. The molecular formula is C29H42N2O4S. The zero-order valence-electron chi connectivity index (χ0n) is 21.2. The number of aromatic hydroxyl groups is 1. The van der Waals surface area contributed by atoms with Crippen LogP contribution in [0, 0.1) is 0 Å². The maximum absolute atomic E-state index is 12.5. The first kappa shape index (κ1) is 31.1. The molecular weight excluding hydrogens is 472 g/mol.